The molecule has 0 atom stereocenters. The number of rotatable bonds is 7. The van der Waals surface area contributed by atoms with E-state index in [0.29, 0.717) is 6.07 Å². The molecule has 10 heteroatoms. The molecule has 0 spiro atoms. The summed E-state index contributed by atoms with van der Waals surface area (Å²) in [6.07, 6.45) is 0. The molecule has 0 aromatic heterocycles. The van der Waals surface area contributed by atoms with Crippen molar-refractivity contribution in [1.82, 2.24) is 5.32 Å². The van der Waals surface area contributed by atoms with Gasteiger partial charge in [-0.15, -0.1) is 0 Å². The largest absolute Gasteiger partial charge is 0.483 e. The Balaban J connectivity index is 1.86. The van der Waals surface area contributed by atoms with E-state index in [2.05, 4.69) is 10.1 Å². The van der Waals surface area contributed by atoms with Crippen molar-refractivity contribution in [2.24, 2.45) is 0 Å². The van der Waals surface area contributed by atoms with Gasteiger partial charge in [0.2, 0.25) is 5.91 Å². The SMILES string of the molecule is COC(=O)c1ccccc1OCC(=O)NCC(=O)Nc1ccc(F)c(F)c1F. The maximum atomic E-state index is 13.5. The second-order valence-corrected chi connectivity index (χ2v) is 5.32. The van der Waals surface area contributed by atoms with Crippen LogP contribution in [-0.4, -0.2) is 38.0 Å². The van der Waals surface area contributed by atoms with Crippen molar-refractivity contribution >= 4 is 23.5 Å². The summed E-state index contributed by atoms with van der Waals surface area (Å²) < 4.78 is 49.3. The van der Waals surface area contributed by atoms with Crippen LogP contribution in [-0.2, 0) is 14.3 Å². The van der Waals surface area contributed by atoms with Gasteiger partial charge in [0, 0.05) is 0 Å². The van der Waals surface area contributed by atoms with Crippen LogP contribution in [0.5, 0.6) is 5.75 Å². The molecule has 0 fully saturated rings. The molecule has 0 saturated carbocycles. The minimum absolute atomic E-state index is 0.109. The highest BCUT2D eigenvalue weighted by molar-refractivity contribution is 5.95. The Morgan fingerprint density at radius 1 is 0.964 bits per heavy atom. The number of ether oxygens (including phenoxy) is 2. The maximum Gasteiger partial charge on any atom is 0.341 e. The van der Waals surface area contributed by atoms with Gasteiger partial charge < -0.3 is 20.1 Å². The average molecular weight is 396 g/mol. The predicted molar refractivity (Wildman–Crippen MR) is 91.2 cm³/mol. The highest BCUT2D eigenvalue weighted by Gasteiger charge is 2.16. The third-order valence-electron chi connectivity index (χ3n) is 3.41. The van der Waals surface area contributed by atoms with Gasteiger partial charge in [0.15, 0.2) is 24.1 Å². The Kier molecular flexibility index (Phi) is 6.96. The minimum Gasteiger partial charge on any atom is -0.483 e. The molecule has 148 valence electrons. The van der Waals surface area contributed by atoms with Gasteiger partial charge in [0.1, 0.15) is 11.3 Å². The maximum absolute atomic E-state index is 13.5. The van der Waals surface area contributed by atoms with Crippen molar-refractivity contribution in [1.29, 1.82) is 0 Å². The normalized spacial score (nSPS) is 10.1. The third kappa shape index (κ3) is 5.22. The van der Waals surface area contributed by atoms with Crippen LogP contribution >= 0.6 is 0 Å². The Labute approximate surface area is 157 Å². The van der Waals surface area contributed by atoms with Crippen molar-refractivity contribution in [2.75, 3.05) is 25.6 Å². The van der Waals surface area contributed by atoms with Crippen LogP contribution in [0.25, 0.3) is 0 Å². The van der Waals surface area contributed by atoms with Gasteiger partial charge in [0.25, 0.3) is 5.91 Å². The number of methoxy groups -OCH3 is 1. The zero-order valence-corrected chi connectivity index (χ0v) is 14.6. The van der Waals surface area contributed by atoms with E-state index in [4.69, 9.17) is 4.74 Å². The molecule has 2 aromatic rings. The number of hydrogen-bond acceptors (Lipinski definition) is 5. The summed E-state index contributed by atoms with van der Waals surface area (Å²) in [6.45, 7) is -1.08. The summed E-state index contributed by atoms with van der Waals surface area (Å²) in [5, 5.41) is 4.20. The van der Waals surface area contributed by atoms with E-state index in [1.165, 1.54) is 19.2 Å². The molecule has 0 radical (unpaired) electrons. The molecular formula is C18H15F3N2O5. The first-order valence-electron chi connectivity index (χ1n) is 7.83. The molecule has 0 heterocycles. The summed E-state index contributed by atoms with van der Waals surface area (Å²) in [6, 6.07) is 7.57. The lowest BCUT2D eigenvalue weighted by atomic mass is 10.2. The Morgan fingerprint density at radius 2 is 1.68 bits per heavy atom. The van der Waals surface area contributed by atoms with E-state index in [-0.39, 0.29) is 11.3 Å². The van der Waals surface area contributed by atoms with Crippen LogP contribution in [0, 0.1) is 17.5 Å². The molecular weight excluding hydrogens is 381 g/mol. The number of nitrogens with one attached hydrogen (secondary N) is 2. The van der Waals surface area contributed by atoms with Crippen LogP contribution in [0.4, 0.5) is 18.9 Å². The molecule has 0 unspecified atom stereocenters. The van der Waals surface area contributed by atoms with Crippen molar-refractivity contribution < 1.29 is 37.0 Å². The molecule has 0 saturated heterocycles. The second kappa shape index (κ2) is 9.40. The van der Waals surface area contributed by atoms with E-state index in [9.17, 15) is 27.6 Å². The van der Waals surface area contributed by atoms with E-state index in [1.54, 1.807) is 12.1 Å². The molecule has 0 aliphatic rings. The van der Waals surface area contributed by atoms with Gasteiger partial charge in [-0.05, 0) is 24.3 Å². The minimum atomic E-state index is -1.72. The van der Waals surface area contributed by atoms with E-state index in [1.807, 2.05) is 5.32 Å². The Bertz CT molecular complexity index is 905. The number of hydrogen-bond donors (Lipinski definition) is 2. The summed E-state index contributed by atoms with van der Waals surface area (Å²) in [5.74, 6) is -6.79. The van der Waals surface area contributed by atoms with Gasteiger partial charge >= 0.3 is 5.97 Å². The zero-order valence-electron chi connectivity index (χ0n) is 14.6. The summed E-state index contributed by atoms with van der Waals surface area (Å²) in [5.41, 5.74) is -0.453. The van der Waals surface area contributed by atoms with Crippen LogP contribution in [0.3, 0.4) is 0 Å². The molecule has 0 bridgehead atoms. The van der Waals surface area contributed by atoms with E-state index < -0.39 is 54.1 Å². The lowest BCUT2D eigenvalue weighted by Crippen LogP contribution is -2.36. The number of amides is 2. The monoisotopic (exact) mass is 396 g/mol. The topological polar surface area (TPSA) is 93.7 Å². The van der Waals surface area contributed by atoms with Gasteiger partial charge in [-0.3, -0.25) is 9.59 Å². The third-order valence-corrected chi connectivity index (χ3v) is 3.41. The summed E-state index contributed by atoms with van der Waals surface area (Å²) >= 11 is 0. The highest BCUT2D eigenvalue weighted by Crippen LogP contribution is 2.20. The zero-order chi connectivity index (χ0) is 20.7. The Morgan fingerprint density at radius 3 is 2.39 bits per heavy atom. The number of benzene rings is 2. The molecule has 2 rings (SSSR count). The van der Waals surface area contributed by atoms with E-state index >= 15 is 0 Å². The lowest BCUT2D eigenvalue weighted by Gasteiger charge is -2.11. The first kappa shape index (κ1) is 20.7. The molecule has 28 heavy (non-hydrogen) atoms. The van der Waals surface area contributed by atoms with Gasteiger partial charge in [0.05, 0.1) is 19.3 Å². The standard InChI is InChI=1S/C18H15F3N2O5/c1-27-18(26)10-4-2-3-5-13(10)28-9-15(25)22-8-14(24)23-12-7-6-11(19)16(20)17(12)21/h2-7H,8-9H2,1H3,(H,22,25)(H,23,24). The number of para-hydroxylation sites is 1. The second-order valence-electron chi connectivity index (χ2n) is 5.32. The first-order chi connectivity index (χ1) is 13.3. The van der Waals surface area contributed by atoms with Crippen LogP contribution in [0.1, 0.15) is 10.4 Å². The van der Waals surface area contributed by atoms with Crippen molar-refractivity contribution in [3.8, 4) is 5.75 Å². The molecule has 2 amide bonds. The van der Waals surface area contributed by atoms with Crippen LogP contribution in [0.2, 0.25) is 0 Å². The van der Waals surface area contributed by atoms with Crippen LogP contribution < -0.4 is 15.4 Å². The van der Waals surface area contributed by atoms with Gasteiger partial charge in [-0.1, -0.05) is 12.1 Å². The fourth-order valence-electron chi connectivity index (χ4n) is 2.06. The van der Waals surface area contributed by atoms with Gasteiger partial charge in [-0.25, -0.2) is 18.0 Å². The average Bonchev–Trinajstić information content (AvgIpc) is 2.70. The Hall–Kier alpha value is -3.56. The number of anilines is 1. The lowest BCUT2D eigenvalue weighted by molar-refractivity contribution is -0.125. The van der Waals surface area contributed by atoms with Gasteiger partial charge in [-0.2, -0.15) is 0 Å². The predicted octanol–water partition coefficient (Wildman–Crippen LogP) is 2.02. The fourth-order valence-corrected chi connectivity index (χ4v) is 2.06. The number of halogens is 3. The first-order valence-corrected chi connectivity index (χ1v) is 7.83. The molecule has 2 N–H and O–H groups in total. The smallest absolute Gasteiger partial charge is 0.341 e. The summed E-state index contributed by atoms with van der Waals surface area (Å²) in [7, 11) is 1.19. The van der Waals surface area contributed by atoms with Crippen molar-refractivity contribution in [2.45, 2.75) is 0 Å². The number of esters is 1. The molecule has 2 aromatic carbocycles. The molecule has 0 aliphatic heterocycles. The quantitative estimate of drug-likeness (QED) is 0.552. The summed E-state index contributed by atoms with van der Waals surface area (Å²) in [4.78, 5) is 35.1. The number of carbonyl (C=O) groups excluding carboxylic acids is 3. The van der Waals surface area contributed by atoms with Crippen molar-refractivity contribution in [3.05, 3.63) is 59.4 Å². The highest BCUT2D eigenvalue weighted by atomic mass is 19.2. The molecule has 7 nitrogen and oxygen atoms in total. The fraction of sp³-hybridized carbons (Fsp3) is 0.167. The van der Waals surface area contributed by atoms with Crippen LogP contribution in [0.15, 0.2) is 36.4 Å². The van der Waals surface area contributed by atoms with Crippen molar-refractivity contribution in [3.63, 3.8) is 0 Å². The van der Waals surface area contributed by atoms with E-state index in [0.717, 1.165) is 6.07 Å². The molecule has 0 aliphatic carbocycles. The number of carbonyl (C=O) groups is 3.